The number of piperidine rings is 1. The summed E-state index contributed by atoms with van der Waals surface area (Å²) in [6, 6.07) is 17.2. The third kappa shape index (κ3) is 3.90. The van der Waals surface area contributed by atoms with E-state index in [4.69, 9.17) is 16.3 Å². The molecule has 4 rings (SSSR count). The van der Waals surface area contributed by atoms with E-state index in [1.54, 1.807) is 6.20 Å². The molecule has 5 nitrogen and oxygen atoms in total. The van der Waals surface area contributed by atoms with Crippen molar-refractivity contribution >= 4 is 17.5 Å². The van der Waals surface area contributed by atoms with Gasteiger partial charge in [0, 0.05) is 31.0 Å². The smallest absolute Gasteiger partial charge is 0.257 e. The first-order valence-corrected chi connectivity index (χ1v) is 9.81. The molecule has 1 aliphatic heterocycles. The van der Waals surface area contributed by atoms with Crippen LogP contribution >= 0.6 is 11.6 Å². The van der Waals surface area contributed by atoms with Crippen LogP contribution in [0.2, 0.25) is 5.02 Å². The lowest BCUT2D eigenvalue weighted by Crippen LogP contribution is -2.41. The number of hydrogen-bond donors (Lipinski definition) is 0. The first-order chi connectivity index (χ1) is 13.6. The van der Waals surface area contributed by atoms with E-state index in [-0.39, 0.29) is 12.0 Å². The van der Waals surface area contributed by atoms with Crippen molar-refractivity contribution in [2.45, 2.75) is 25.9 Å². The minimum absolute atomic E-state index is 0.0321. The molecular weight excluding hydrogens is 374 g/mol. The molecule has 1 amide bonds. The first-order valence-electron chi connectivity index (χ1n) is 9.43. The predicted octanol–water partition coefficient (Wildman–Crippen LogP) is 4.52. The number of halogens is 1. The fourth-order valence-electron chi connectivity index (χ4n) is 3.50. The van der Waals surface area contributed by atoms with Gasteiger partial charge in [0.25, 0.3) is 5.91 Å². The van der Waals surface area contributed by atoms with Crippen molar-refractivity contribution in [3.63, 3.8) is 0 Å². The SMILES string of the molecule is Cc1c(C(=O)N2CCC(Oc3ccc(Cl)cc3)CC2)cnn1-c1ccccc1. The molecule has 0 bridgehead atoms. The Balaban J connectivity index is 1.39. The fourth-order valence-corrected chi connectivity index (χ4v) is 3.63. The molecule has 2 heterocycles. The van der Waals surface area contributed by atoms with Gasteiger partial charge in [-0.25, -0.2) is 4.68 Å². The van der Waals surface area contributed by atoms with Crippen LogP contribution in [0.5, 0.6) is 5.75 Å². The highest BCUT2D eigenvalue weighted by Crippen LogP contribution is 2.23. The number of carbonyl (C=O) groups excluding carboxylic acids is 1. The average Bonchev–Trinajstić information content (AvgIpc) is 3.12. The van der Waals surface area contributed by atoms with E-state index in [1.165, 1.54) is 0 Å². The summed E-state index contributed by atoms with van der Waals surface area (Å²) in [7, 11) is 0. The van der Waals surface area contributed by atoms with E-state index in [9.17, 15) is 4.79 Å². The van der Waals surface area contributed by atoms with Crippen LogP contribution in [0.1, 0.15) is 28.9 Å². The second kappa shape index (κ2) is 8.07. The lowest BCUT2D eigenvalue weighted by molar-refractivity contribution is 0.0595. The third-order valence-corrected chi connectivity index (χ3v) is 5.34. The second-order valence-electron chi connectivity index (χ2n) is 6.95. The van der Waals surface area contributed by atoms with E-state index in [0.29, 0.717) is 23.7 Å². The minimum Gasteiger partial charge on any atom is -0.490 e. The van der Waals surface area contributed by atoms with E-state index in [1.807, 2.05) is 71.1 Å². The maximum Gasteiger partial charge on any atom is 0.257 e. The van der Waals surface area contributed by atoms with Crippen LogP contribution in [-0.2, 0) is 0 Å². The molecule has 0 spiro atoms. The number of likely N-dealkylation sites (tertiary alicyclic amines) is 1. The number of ether oxygens (including phenoxy) is 1. The van der Waals surface area contributed by atoms with Crippen LogP contribution in [-0.4, -0.2) is 39.8 Å². The molecule has 1 saturated heterocycles. The summed E-state index contributed by atoms with van der Waals surface area (Å²) in [5.74, 6) is 0.846. The predicted molar refractivity (Wildman–Crippen MR) is 109 cm³/mol. The molecule has 144 valence electrons. The topological polar surface area (TPSA) is 47.4 Å². The Labute approximate surface area is 169 Å². The summed E-state index contributed by atoms with van der Waals surface area (Å²) in [4.78, 5) is 14.9. The molecule has 1 aliphatic rings. The summed E-state index contributed by atoms with van der Waals surface area (Å²) in [5.41, 5.74) is 2.46. The Kier molecular flexibility index (Phi) is 5.35. The Hall–Kier alpha value is -2.79. The van der Waals surface area contributed by atoms with Crippen molar-refractivity contribution in [2.75, 3.05) is 13.1 Å². The Morgan fingerprint density at radius 1 is 1.07 bits per heavy atom. The molecule has 6 heteroatoms. The van der Waals surface area contributed by atoms with Gasteiger partial charge in [0.15, 0.2) is 0 Å². The average molecular weight is 396 g/mol. The molecule has 0 aliphatic carbocycles. The molecule has 0 saturated carbocycles. The van der Waals surface area contributed by atoms with Crippen molar-refractivity contribution in [1.29, 1.82) is 0 Å². The molecule has 1 fully saturated rings. The number of amides is 1. The summed E-state index contributed by atoms with van der Waals surface area (Å²) in [6.45, 7) is 3.28. The lowest BCUT2D eigenvalue weighted by Gasteiger charge is -2.32. The molecule has 1 aromatic heterocycles. The van der Waals surface area contributed by atoms with Gasteiger partial charge in [-0.3, -0.25) is 4.79 Å². The van der Waals surface area contributed by atoms with E-state index in [2.05, 4.69) is 5.10 Å². The van der Waals surface area contributed by atoms with Crippen molar-refractivity contribution in [2.24, 2.45) is 0 Å². The van der Waals surface area contributed by atoms with E-state index >= 15 is 0 Å². The van der Waals surface area contributed by atoms with E-state index in [0.717, 1.165) is 30.0 Å². The monoisotopic (exact) mass is 395 g/mol. The Morgan fingerprint density at radius 3 is 2.43 bits per heavy atom. The highest BCUT2D eigenvalue weighted by Gasteiger charge is 2.27. The molecule has 28 heavy (non-hydrogen) atoms. The zero-order chi connectivity index (χ0) is 19.5. The fraction of sp³-hybridized carbons (Fsp3) is 0.273. The second-order valence-corrected chi connectivity index (χ2v) is 7.39. The number of hydrogen-bond acceptors (Lipinski definition) is 3. The lowest BCUT2D eigenvalue weighted by atomic mass is 10.1. The molecule has 0 N–H and O–H groups in total. The maximum atomic E-state index is 13.0. The van der Waals surface area contributed by atoms with Crippen molar-refractivity contribution in [3.05, 3.63) is 77.1 Å². The number of carbonyl (C=O) groups is 1. The minimum atomic E-state index is 0.0321. The van der Waals surface area contributed by atoms with E-state index < -0.39 is 0 Å². The maximum absolute atomic E-state index is 13.0. The van der Waals surface area contributed by atoms with Crippen molar-refractivity contribution in [1.82, 2.24) is 14.7 Å². The number of aromatic nitrogens is 2. The van der Waals surface area contributed by atoms with Gasteiger partial charge in [-0.05, 0) is 43.3 Å². The van der Waals surface area contributed by atoms with Crippen molar-refractivity contribution in [3.8, 4) is 11.4 Å². The van der Waals surface area contributed by atoms with Gasteiger partial charge in [-0.2, -0.15) is 5.10 Å². The van der Waals surface area contributed by atoms with Gasteiger partial charge in [0.05, 0.1) is 23.1 Å². The summed E-state index contributed by atoms with van der Waals surface area (Å²) >= 11 is 5.91. The van der Waals surface area contributed by atoms with Gasteiger partial charge in [-0.15, -0.1) is 0 Å². The van der Waals surface area contributed by atoms with Crippen molar-refractivity contribution < 1.29 is 9.53 Å². The summed E-state index contributed by atoms with van der Waals surface area (Å²) < 4.78 is 7.83. The highest BCUT2D eigenvalue weighted by atomic mass is 35.5. The molecule has 2 aromatic carbocycles. The number of nitrogens with zero attached hydrogens (tertiary/aromatic N) is 3. The zero-order valence-corrected chi connectivity index (χ0v) is 16.5. The standard InChI is InChI=1S/C22H22ClN3O2/c1-16-21(15-24-26(16)18-5-3-2-4-6-18)22(27)25-13-11-20(12-14-25)28-19-9-7-17(23)8-10-19/h2-10,15,20H,11-14H2,1H3. The van der Waals surface area contributed by atoms with Gasteiger partial charge in [-0.1, -0.05) is 29.8 Å². The quantitative estimate of drug-likeness (QED) is 0.652. The summed E-state index contributed by atoms with van der Waals surface area (Å²) in [6.07, 6.45) is 3.39. The molecule has 0 radical (unpaired) electrons. The van der Waals surface area contributed by atoms with Gasteiger partial charge in [0.2, 0.25) is 0 Å². The molecular formula is C22H22ClN3O2. The van der Waals surface area contributed by atoms with Gasteiger partial charge in [0.1, 0.15) is 11.9 Å². The highest BCUT2D eigenvalue weighted by molar-refractivity contribution is 6.30. The van der Waals surface area contributed by atoms with Crippen LogP contribution in [0.4, 0.5) is 0 Å². The van der Waals surface area contributed by atoms with Gasteiger partial charge >= 0.3 is 0 Å². The Morgan fingerprint density at radius 2 is 1.75 bits per heavy atom. The number of rotatable bonds is 4. The normalized spacial score (nSPS) is 14.9. The molecule has 0 unspecified atom stereocenters. The third-order valence-electron chi connectivity index (χ3n) is 5.09. The molecule has 3 aromatic rings. The zero-order valence-electron chi connectivity index (χ0n) is 15.7. The van der Waals surface area contributed by atoms with Crippen LogP contribution in [0.15, 0.2) is 60.8 Å². The largest absolute Gasteiger partial charge is 0.490 e. The summed E-state index contributed by atoms with van der Waals surface area (Å²) in [5, 5.41) is 5.11. The van der Waals surface area contributed by atoms with Gasteiger partial charge < -0.3 is 9.64 Å². The number of para-hydroxylation sites is 1. The van der Waals surface area contributed by atoms with Crippen LogP contribution in [0.25, 0.3) is 5.69 Å². The van der Waals surface area contributed by atoms with Crippen LogP contribution < -0.4 is 4.74 Å². The van der Waals surface area contributed by atoms with Crippen LogP contribution in [0.3, 0.4) is 0 Å². The first kappa shape index (κ1) is 18.6. The Bertz CT molecular complexity index is 946. The number of benzene rings is 2. The van der Waals surface area contributed by atoms with Crippen LogP contribution in [0, 0.1) is 6.92 Å². The molecule has 0 atom stereocenters.